The van der Waals surface area contributed by atoms with Crippen LogP contribution in [0.25, 0.3) is 0 Å². The highest BCUT2D eigenvalue weighted by molar-refractivity contribution is 9.11. The molecule has 3 nitrogen and oxygen atoms in total. The monoisotopic (exact) mass is 404 g/mol. The summed E-state index contributed by atoms with van der Waals surface area (Å²) in [5.74, 6) is -2.40. The quantitative estimate of drug-likeness (QED) is 0.731. The van der Waals surface area contributed by atoms with E-state index < -0.39 is 23.2 Å². The summed E-state index contributed by atoms with van der Waals surface area (Å²) in [6, 6.07) is 6.79. The minimum Gasteiger partial charge on any atom is -0.398 e. The third kappa shape index (κ3) is 2.99. The summed E-state index contributed by atoms with van der Waals surface area (Å²) in [6.45, 7) is 0. The molecule has 7 heteroatoms. The Balaban J connectivity index is 2.36. The van der Waals surface area contributed by atoms with Crippen LogP contribution in [0.15, 0.2) is 39.3 Å². The first-order valence-electron chi connectivity index (χ1n) is 5.40. The molecular formula is C13H8Br2F2N2O. The number of benzene rings is 2. The lowest BCUT2D eigenvalue weighted by molar-refractivity contribution is 0.102. The topological polar surface area (TPSA) is 55.1 Å². The number of nitrogens with two attached hydrogens (primary N) is 1. The molecule has 0 atom stereocenters. The van der Waals surface area contributed by atoms with E-state index in [0.29, 0.717) is 10.2 Å². The summed E-state index contributed by atoms with van der Waals surface area (Å²) < 4.78 is 27.9. The predicted octanol–water partition coefficient (Wildman–Crippen LogP) is 4.32. The van der Waals surface area contributed by atoms with E-state index in [1.165, 1.54) is 6.07 Å². The van der Waals surface area contributed by atoms with Gasteiger partial charge in [-0.3, -0.25) is 4.79 Å². The van der Waals surface area contributed by atoms with E-state index in [0.717, 1.165) is 12.1 Å². The number of rotatable bonds is 2. The van der Waals surface area contributed by atoms with Gasteiger partial charge in [0.25, 0.3) is 5.91 Å². The fraction of sp³-hybridized carbons (Fsp3) is 0. The summed E-state index contributed by atoms with van der Waals surface area (Å²) in [4.78, 5) is 12.0. The Kier molecular flexibility index (Phi) is 4.39. The lowest BCUT2D eigenvalue weighted by Crippen LogP contribution is -2.15. The second-order valence-electron chi connectivity index (χ2n) is 3.91. The number of nitrogens with one attached hydrogen (secondary N) is 1. The van der Waals surface area contributed by atoms with Gasteiger partial charge in [-0.05, 0) is 40.2 Å². The number of carbonyl (C=O) groups is 1. The smallest absolute Gasteiger partial charge is 0.257 e. The maximum atomic E-state index is 13.6. The number of anilines is 2. The Morgan fingerprint density at radius 1 is 1.15 bits per heavy atom. The summed E-state index contributed by atoms with van der Waals surface area (Å²) in [5, 5.41) is 2.19. The molecule has 2 aromatic rings. The van der Waals surface area contributed by atoms with Crippen molar-refractivity contribution in [2.75, 3.05) is 11.1 Å². The Labute approximate surface area is 130 Å². The van der Waals surface area contributed by atoms with Crippen LogP contribution in [0.2, 0.25) is 0 Å². The first-order chi connectivity index (χ1) is 9.40. The Morgan fingerprint density at radius 3 is 2.35 bits per heavy atom. The third-order valence-electron chi connectivity index (χ3n) is 2.52. The van der Waals surface area contributed by atoms with Gasteiger partial charge in [0.2, 0.25) is 0 Å². The number of halogens is 4. The second kappa shape index (κ2) is 5.88. The average molecular weight is 406 g/mol. The minimum absolute atomic E-state index is 0.187. The molecular weight excluding hydrogens is 398 g/mol. The zero-order valence-electron chi connectivity index (χ0n) is 9.88. The van der Waals surface area contributed by atoms with Crippen molar-refractivity contribution >= 4 is 49.1 Å². The zero-order chi connectivity index (χ0) is 14.9. The van der Waals surface area contributed by atoms with Crippen molar-refractivity contribution in [1.82, 2.24) is 0 Å². The molecule has 3 N–H and O–H groups in total. The molecule has 0 saturated heterocycles. The molecule has 0 saturated carbocycles. The molecule has 0 heterocycles. The van der Waals surface area contributed by atoms with Crippen molar-refractivity contribution < 1.29 is 13.6 Å². The van der Waals surface area contributed by atoms with Crippen molar-refractivity contribution in [3.05, 3.63) is 56.5 Å². The van der Waals surface area contributed by atoms with Crippen LogP contribution in [0, 0.1) is 11.6 Å². The lowest BCUT2D eigenvalue weighted by atomic mass is 10.2. The number of nitrogen functional groups attached to an aromatic ring is 1. The molecule has 104 valence electrons. The van der Waals surface area contributed by atoms with Gasteiger partial charge in [0, 0.05) is 10.2 Å². The Morgan fingerprint density at radius 2 is 1.75 bits per heavy atom. The van der Waals surface area contributed by atoms with E-state index in [-0.39, 0.29) is 10.0 Å². The number of amides is 1. The van der Waals surface area contributed by atoms with Crippen molar-refractivity contribution in [2.24, 2.45) is 0 Å². The molecule has 20 heavy (non-hydrogen) atoms. The van der Waals surface area contributed by atoms with Gasteiger partial charge in [-0.25, -0.2) is 8.78 Å². The van der Waals surface area contributed by atoms with Gasteiger partial charge in [-0.15, -0.1) is 0 Å². The molecule has 1 amide bonds. The maximum absolute atomic E-state index is 13.6. The molecule has 0 radical (unpaired) electrons. The molecule has 2 aromatic carbocycles. The summed E-state index contributed by atoms with van der Waals surface area (Å²) >= 11 is 6.12. The normalized spacial score (nSPS) is 10.4. The van der Waals surface area contributed by atoms with Crippen molar-refractivity contribution in [2.45, 2.75) is 0 Å². The van der Waals surface area contributed by atoms with Gasteiger partial charge in [0.15, 0.2) is 11.6 Å². The summed E-state index contributed by atoms with van der Waals surface area (Å²) in [7, 11) is 0. The van der Waals surface area contributed by atoms with Gasteiger partial charge in [-0.1, -0.05) is 22.0 Å². The maximum Gasteiger partial charge on any atom is 0.257 e. The molecule has 0 aromatic heterocycles. The predicted molar refractivity (Wildman–Crippen MR) is 80.6 cm³/mol. The highest BCUT2D eigenvalue weighted by atomic mass is 79.9. The minimum atomic E-state index is -0.870. The molecule has 0 spiro atoms. The van der Waals surface area contributed by atoms with E-state index in [1.54, 1.807) is 12.1 Å². The van der Waals surface area contributed by atoms with Crippen molar-refractivity contribution in [1.29, 1.82) is 0 Å². The Bertz CT molecular complexity index is 669. The first-order valence-corrected chi connectivity index (χ1v) is 6.98. The second-order valence-corrected chi connectivity index (χ2v) is 5.62. The van der Waals surface area contributed by atoms with Crippen LogP contribution in [-0.4, -0.2) is 5.91 Å². The SMILES string of the molecule is Nc1cccc(C(=O)Nc2c(F)cc(Br)cc2F)c1Br. The number of hydrogen-bond donors (Lipinski definition) is 2. The van der Waals surface area contributed by atoms with Gasteiger partial charge < -0.3 is 11.1 Å². The van der Waals surface area contributed by atoms with Crippen LogP contribution in [-0.2, 0) is 0 Å². The molecule has 0 fully saturated rings. The lowest BCUT2D eigenvalue weighted by Gasteiger charge is -2.10. The summed E-state index contributed by atoms with van der Waals surface area (Å²) in [6.07, 6.45) is 0. The standard InChI is InChI=1S/C13H8Br2F2N2O/c14-6-4-8(16)12(9(17)5-6)19-13(20)7-2-1-3-10(18)11(7)15/h1-5H,18H2,(H,19,20). The van der Waals surface area contributed by atoms with E-state index in [2.05, 4.69) is 37.2 Å². The first kappa shape index (κ1) is 14.9. The van der Waals surface area contributed by atoms with Gasteiger partial charge in [-0.2, -0.15) is 0 Å². The highest BCUT2D eigenvalue weighted by Gasteiger charge is 2.17. The van der Waals surface area contributed by atoms with Gasteiger partial charge in [0.05, 0.1) is 10.0 Å². The largest absolute Gasteiger partial charge is 0.398 e. The van der Waals surface area contributed by atoms with Crippen LogP contribution < -0.4 is 11.1 Å². The van der Waals surface area contributed by atoms with E-state index in [1.807, 2.05) is 0 Å². The number of hydrogen-bond acceptors (Lipinski definition) is 2. The van der Waals surface area contributed by atoms with E-state index in [4.69, 9.17) is 5.73 Å². The van der Waals surface area contributed by atoms with Crippen LogP contribution in [0.5, 0.6) is 0 Å². The van der Waals surface area contributed by atoms with Gasteiger partial charge in [0.1, 0.15) is 5.69 Å². The van der Waals surface area contributed by atoms with Crippen LogP contribution >= 0.6 is 31.9 Å². The highest BCUT2D eigenvalue weighted by Crippen LogP contribution is 2.27. The fourth-order valence-electron chi connectivity index (χ4n) is 1.57. The zero-order valence-corrected chi connectivity index (χ0v) is 13.1. The van der Waals surface area contributed by atoms with Crippen LogP contribution in [0.4, 0.5) is 20.2 Å². The fourth-order valence-corrected chi connectivity index (χ4v) is 2.41. The molecule has 0 unspecified atom stereocenters. The number of carbonyl (C=O) groups excluding carboxylic acids is 1. The molecule has 2 rings (SSSR count). The average Bonchev–Trinajstić information content (AvgIpc) is 2.36. The molecule has 0 aliphatic heterocycles. The Hall–Kier alpha value is -1.47. The van der Waals surface area contributed by atoms with Crippen LogP contribution in [0.1, 0.15) is 10.4 Å². The van der Waals surface area contributed by atoms with Crippen molar-refractivity contribution in [3.63, 3.8) is 0 Å². The van der Waals surface area contributed by atoms with E-state index >= 15 is 0 Å². The van der Waals surface area contributed by atoms with Gasteiger partial charge >= 0.3 is 0 Å². The summed E-state index contributed by atoms with van der Waals surface area (Å²) in [5.41, 5.74) is 5.69. The van der Waals surface area contributed by atoms with Crippen molar-refractivity contribution in [3.8, 4) is 0 Å². The molecule has 0 aliphatic rings. The van der Waals surface area contributed by atoms with E-state index in [9.17, 15) is 13.6 Å². The molecule has 0 aliphatic carbocycles. The third-order valence-corrected chi connectivity index (χ3v) is 3.86. The van der Waals surface area contributed by atoms with Crippen LogP contribution in [0.3, 0.4) is 0 Å². The molecule has 0 bridgehead atoms.